The van der Waals surface area contributed by atoms with Gasteiger partial charge in [-0.15, -0.1) is 0 Å². The molecule has 0 aliphatic carbocycles. The number of nitrogens with one attached hydrogen (secondary N) is 1. The molecule has 2 rings (SSSR count). The first-order valence-corrected chi connectivity index (χ1v) is 8.10. The number of rotatable bonds is 4. The maximum atomic E-state index is 12.4. The van der Waals surface area contributed by atoms with Crippen molar-refractivity contribution in [3.05, 3.63) is 67.5 Å². The summed E-state index contributed by atoms with van der Waals surface area (Å²) in [5.74, 6) is 0. The van der Waals surface area contributed by atoms with E-state index in [2.05, 4.69) is 48.6 Å². The van der Waals surface area contributed by atoms with Crippen molar-refractivity contribution in [2.75, 3.05) is 0 Å². The molecule has 3 heteroatoms. The van der Waals surface area contributed by atoms with Crippen LogP contribution in [0.5, 0.6) is 0 Å². The molecule has 0 bridgehead atoms. The number of pyridine rings is 1. The minimum Gasteiger partial charge on any atom is -0.325 e. The summed E-state index contributed by atoms with van der Waals surface area (Å²) >= 11 is 3.43. The molecule has 0 aliphatic heterocycles. The Hall–Kier alpha value is -1.35. The summed E-state index contributed by atoms with van der Waals surface area (Å²) in [5, 5.41) is 0. The predicted molar refractivity (Wildman–Crippen MR) is 92.1 cm³/mol. The highest BCUT2D eigenvalue weighted by molar-refractivity contribution is 9.10. The van der Waals surface area contributed by atoms with E-state index in [4.69, 9.17) is 0 Å². The molecule has 0 radical (unpaired) electrons. The first-order valence-electron chi connectivity index (χ1n) is 7.31. The number of H-pyrrole nitrogens is 1. The van der Waals surface area contributed by atoms with Gasteiger partial charge in [0.2, 0.25) is 0 Å². The number of aromatic amines is 1. The van der Waals surface area contributed by atoms with E-state index >= 15 is 0 Å². The minimum atomic E-state index is -0.000611. The lowest BCUT2D eigenvalue weighted by Gasteiger charge is -2.25. The second kappa shape index (κ2) is 6.18. The third-order valence-electron chi connectivity index (χ3n) is 4.18. The molecule has 0 spiro atoms. The van der Waals surface area contributed by atoms with Crippen molar-refractivity contribution < 1.29 is 0 Å². The van der Waals surface area contributed by atoms with E-state index in [1.807, 2.05) is 30.3 Å². The summed E-state index contributed by atoms with van der Waals surface area (Å²) in [6.45, 7) is 8.56. The Morgan fingerprint density at radius 2 is 1.81 bits per heavy atom. The fraction of sp³-hybridized carbons (Fsp3) is 0.389. The maximum absolute atomic E-state index is 12.4. The van der Waals surface area contributed by atoms with Gasteiger partial charge >= 0.3 is 0 Å². The zero-order valence-corrected chi connectivity index (χ0v) is 14.7. The van der Waals surface area contributed by atoms with Crippen LogP contribution in [-0.2, 0) is 11.8 Å². The summed E-state index contributed by atoms with van der Waals surface area (Å²) in [7, 11) is 0. The van der Waals surface area contributed by atoms with Crippen LogP contribution in [-0.4, -0.2) is 4.98 Å². The van der Waals surface area contributed by atoms with E-state index in [1.165, 1.54) is 0 Å². The van der Waals surface area contributed by atoms with Crippen molar-refractivity contribution in [3.63, 3.8) is 0 Å². The molecule has 0 atom stereocenters. The molecule has 0 unspecified atom stereocenters. The minimum absolute atomic E-state index is 0.000611. The molecule has 112 valence electrons. The highest BCUT2D eigenvalue weighted by Gasteiger charge is 2.22. The van der Waals surface area contributed by atoms with Gasteiger partial charge in [-0.1, -0.05) is 48.8 Å². The molecule has 21 heavy (non-hydrogen) atoms. The van der Waals surface area contributed by atoms with Gasteiger partial charge in [-0.25, -0.2) is 0 Å². The molecule has 0 amide bonds. The summed E-state index contributed by atoms with van der Waals surface area (Å²) < 4.78 is 1.05. The Labute approximate surface area is 134 Å². The smallest absolute Gasteiger partial charge is 0.251 e. The molecule has 1 heterocycles. The summed E-state index contributed by atoms with van der Waals surface area (Å²) in [6, 6.07) is 10.1. The molecule has 2 aromatic rings. The number of hydrogen-bond donors (Lipinski definition) is 1. The summed E-state index contributed by atoms with van der Waals surface area (Å²) in [6.07, 6.45) is 1.66. The number of halogens is 1. The fourth-order valence-electron chi connectivity index (χ4n) is 2.52. The van der Waals surface area contributed by atoms with Gasteiger partial charge < -0.3 is 4.98 Å². The van der Waals surface area contributed by atoms with Crippen LogP contribution in [0.25, 0.3) is 0 Å². The highest BCUT2D eigenvalue weighted by Crippen LogP contribution is 2.27. The Balaban J connectivity index is 2.37. The lowest BCUT2D eigenvalue weighted by Crippen LogP contribution is -2.25. The summed E-state index contributed by atoms with van der Waals surface area (Å²) in [4.78, 5) is 15.5. The first kappa shape index (κ1) is 16.0. The van der Waals surface area contributed by atoms with Crippen LogP contribution < -0.4 is 5.56 Å². The first-order chi connectivity index (χ1) is 9.83. The molecule has 2 nitrogen and oxygen atoms in total. The monoisotopic (exact) mass is 347 g/mol. The van der Waals surface area contributed by atoms with Crippen molar-refractivity contribution in [1.82, 2.24) is 4.98 Å². The molecule has 1 N–H and O–H groups in total. The normalized spacial score (nSPS) is 11.7. The van der Waals surface area contributed by atoms with Gasteiger partial charge in [0.05, 0.1) is 0 Å². The van der Waals surface area contributed by atoms with Crippen molar-refractivity contribution >= 4 is 15.9 Å². The van der Waals surface area contributed by atoms with Gasteiger partial charge in [-0.05, 0) is 42.7 Å². The second-order valence-electron chi connectivity index (χ2n) is 6.22. The largest absolute Gasteiger partial charge is 0.325 e. The Kier molecular flexibility index (Phi) is 4.72. The van der Waals surface area contributed by atoms with E-state index < -0.39 is 0 Å². The van der Waals surface area contributed by atoms with Crippen LogP contribution in [0.1, 0.15) is 49.6 Å². The van der Waals surface area contributed by atoms with Crippen LogP contribution in [0, 0.1) is 6.92 Å². The molecule has 0 fully saturated rings. The van der Waals surface area contributed by atoms with Gasteiger partial charge in [-0.2, -0.15) is 0 Å². The molecular formula is C18H22BrNO. The number of aryl methyl sites for hydroxylation is 1. The van der Waals surface area contributed by atoms with Crippen LogP contribution in [0.4, 0.5) is 0 Å². The molecule has 1 aromatic carbocycles. The highest BCUT2D eigenvalue weighted by atomic mass is 79.9. The third kappa shape index (κ3) is 3.65. The molecule has 1 aromatic heterocycles. The van der Waals surface area contributed by atoms with Crippen LogP contribution in [0.15, 0.2) is 39.6 Å². The molecule has 0 saturated carbocycles. The van der Waals surface area contributed by atoms with Crippen molar-refractivity contribution in [3.8, 4) is 0 Å². The van der Waals surface area contributed by atoms with Crippen LogP contribution >= 0.6 is 15.9 Å². The van der Waals surface area contributed by atoms with Gasteiger partial charge in [0.1, 0.15) is 0 Å². The van der Waals surface area contributed by atoms with Crippen LogP contribution in [0.2, 0.25) is 0 Å². The molecule has 0 saturated heterocycles. The average molecular weight is 348 g/mol. The lowest BCUT2D eigenvalue weighted by atomic mass is 9.83. The van der Waals surface area contributed by atoms with Crippen molar-refractivity contribution in [2.24, 2.45) is 0 Å². The Morgan fingerprint density at radius 1 is 1.19 bits per heavy atom. The van der Waals surface area contributed by atoms with Gasteiger partial charge in [0.25, 0.3) is 5.56 Å². The fourth-order valence-corrected chi connectivity index (χ4v) is 2.79. The van der Waals surface area contributed by atoms with Gasteiger partial charge in [0, 0.05) is 27.6 Å². The Morgan fingerprint density at radius 3 is 2.38 bits per heavy atom. The SMILES string of the molecule is CCC(C)(C)c1[nH]c(=O)c(Cc2ccc(Br)cc2)cc1C. The zero-order chi connectivity index (χ0) is 15.6. The molecular weight excluding hydrogens is 326 g/mol. The number of benzene rings is 1. The lowest BCUT2D eigenvalue weighted by molar-refractivity contribution is 0.485. The van der Waals surface area contributed by atoms with Gasteiger partial charge in [0.15, 0.2) is 0 Å². The average Bonchev–Trinajstić information content (AvgIpc) is 2.44. The van der Waals surface area contributed by atoms with Crippen molar-refractivity contribution in [1.29, 1.82) is 0 Å². The van der Waals surface area contributed by atoms with E-state index in [1.54, 1.807) is 0 Å². The zero-order valence-electron chi connectivity index (χ0n) is 13.1. The molecule has 0 aliphatic rings. The predicted octanol–water partition coefficient (Wildman–Crippen LogP) is 4.72. The number of aromatic nitrogens is 1. The van der Waals surface area contributed by atoms with Crippen molar-refractivity contribution in [2.45, 2.75) is 46.0 Å². The standard InChI is InChI=1S/C18H22BrNO/c1-5-18(3,4)16-12(2)10-14(17(21)20-16)11-13-6-8-15(19)9-7-13/h6-10H,5,11H2,1-4H3,(H,20,21). The van der Waals surface area contributed by atoms with E-state index in [9.17, 15) is 4.79 Å². The maximum Gasteiger partial charge on any atom is 0.251 e. The van der Waals surface area contributed by atoms with E-state index in [0.29, 0.717) is 6.42 Å². The number of hydrogen-bond acceptors (Lipinski definition) is 1. The Bertz CT molecular complexity index is 683. The topological polar surface area (TPSA) is 32.9 Å². The van der Waals surface area contributed by atoms with E-state index in [-0.39, 0.29) is 11.0 Å². The third-order valence-corrected chi connectivity index (χ3v) is 4.71. The van der Waals surface area contributed by atoms with E-state index in [0.717, 1.165) is 33.3 Å². The van der Waals surface area contributed by atoms with Gasteiger partial charge in [-0.3, -0.25) is 4.79 Å². The second-order valence-corrected chi connectivity index (χ2v) is 7.14. The van der Waals surface area contributed by atoms with Crippen LogP contribution in [0.3, 0.4) is 0 Å². The quantitative estimate of drug-likeness (QED) is 0.852. The summed E-state index contributed by atoms with van der Waals surface area (Å²) in [5.41, 5.74) is 4.21.